The SMILES string of the molecule is COc1ccc(CCC(=O)c2coc3ccccc23)cc1. The van der Waals surface area contributed by atoms with E-state index in [-0.39, 0.29) is 5.78 Å². The number of benzene rings is 2. The van der Waals surface area contributed by atoms with Gasteiger partial charge < -0.3 is 9.15 Å². The van der Waals surface area contributed by atoms with Crippen molar-refractivity contribution in [3.05, 3.63) is 65.9 Å². The van der Waals surface area contributed by atoms with Crippen molar-refractivity contribution in [3.8, 4) is 5.75 Å². The first-order valence-electron chi connectivity index (χ1n) is 6.90. The maximum Gasteiger partial charge on any atom is 0.167 e. The lowest BCUT2D eigenvalue weighted by Crippen LogP contribution is -2.00. The molecule has 0 amide bonds. The normalized spacial score (nSPS) is 10.7. The Bertz CT molecular complexity index is 753. The van der Waals surface area contributed by atoms with Gasteiger partial charge in [-0.3, -0.25) is 4.79 Å². The third-order valence-corrected chi connectivity index (χ3v) is 3.58. The number of carbonyl (C=O) groups is 1. The van der Waals surface area contributed by atoms with Crippen molar-refractivity contribution < 1.29 is 13.9 Å². The van der Waals surface area contributed by atoms with Gasteiger partial charge in [0.05, 0.1) is 12.7 Å². The van der Waals surface area contributed by atoms with Crippen LogP contribution in [-0.4, -0.2) is 12.9 Å². The number of Topliss-reactive ketones (excluding diaryl/α,β-unsaturated/α-hetero) is 1. The molecule has 1 aromatic heterocycles. The molecule has 3 rings (SSSR count). The van der Waals surface area contributed by atoms with Gasteiger partial charge in [0.1, 0.15) is 17.6 Å². The lowest BCUT2D eigenvalue weighted by molar-refractivity contribution is 0.0983. The van der Waals surface area contributed by atoms with Crippen LogP contribution in [0.1, 0.15) is 22.3 Å². The zero-order valence-corrected chi connectivity index (χ0v) is 11.8. The van der Waals surface area contributed by atoms with E-state index >= 15 is 0 Å². The van der Waals surface area contributed by atoms with Crippen LogP contribution in [0.2, 0.25) is 0 Å². The van der Waals surface area contributed by atoms with Gasteiger partial charge in [-0.2, -0.15) is 0 Å². The zero-order chi connectivity index (χ0) is 14.7. The Kier molecular flexibility index (Phi) is 3.73. The first kappa shape index (κ1) is 13.4. The molecular formula is C18H16O3. The average molecular weight is 280 g/mol. The summed E-state index contributed by atoms with van der Waals surface area (Å²) in [6.07, 6.45) is 2.74. The highest BCUT2D eigenvalue weighted by Gasteiger charge is 2.13. The molecule has 0 fully saturated rings. The first-order chi connectivity index (χ1) is 10.3. The van der Waals surface area contributed by atoms with Crippen LogP contribution in [0.5, 0.6) is 5.75 Å². The van der Waals surface area contributed by atoms with Crippen molar-refractivity contribution in [2.75, 3.05) is 7.11 Å². The summed E-state index contributed by atoms with van der Waals surface area (Å²) in [5.41, 5.74) is 2.54. The van der Waals surface area contributed by atoms with Crippen molar-refractivity contribution in [1.29, 1.82) is 0 Å². The molecule has 0 saturated carbocycles. The molecule has 0 spiro atoms. The minimum Gasteiger partial charge on any atom is -0.497 e. The topological polar surface area (TPSA) is 39.4 Å². The Morgan fingerprint density at radius 3 is 2.62 bits per heavy atom. The van der Waals surface area contributed by atoms with E-state index in [1.165, 1.54) is 0 Å². The summed E-state index contributed by atoms with van der Waals surface area (Å²) in [6.45, 7) is 0. The highest BCUT2D eigenvalue weighted by molar-refractivity contribution is 6.07. The Hall–Kier alpha value is -2.55. The molecule has 106 valence electrons. The molecule has 0 aliphatic carbocycles. The van der Waals surface area contributed by atoms with E-state index in [9.17, 15) is 4.79 Å². The lowest BCUT2D eigenvalue weighted by atomic mass is 10.0. The van der Waals surface area contributed by atoms with E-state index in [1.807, 2.05) is 48.5 Å². The summed E-state index contributed by atoms with van der Waals surface area (Å²) in [5.74, 6) is 0.932. The Morgan fingerprint density at radius 1 is 1.10 bits per heavy atom. The predicted octanol–water partition coefficient (Wildman–Crippen LogP) is 4.26. The molecule has 0 aliphatic rings. The van der Waals surface area contributed by atoms with Gasteiger partial charge in [-0.25, -0.2) is 0 Å². The highest BCUT2D eigenvalue weighted by Crippen LogP contribution is 2.22. The number of ketones is 1. The van der Waals surface area contributed by atoms with Crippen LogP contribution in [0.4, 0.5) is 0 Å². The van der Waals surface area contributed by atoms with Crippen LogP contribution in [0.25, 0.3) is 11.0 Å². The smallest absolute Gasteiger partial charge is 0.167 e. The number of hydrogen-bond acceptors (Lipinski definition) is 3. The minimum absolute atomic E-state index is 0.107. The van der Waals surface area contributed by atoms with Crippen LogP contribution >= 0.6 is 0 Å². The van der Waals surface area contributed by atoms with Crippen molar-refractivity contribution in [3.63, 3.8) is 0 Å². The molecule has 1 heterocycles. The van der Waals surface area contributed by atoms with Crippen LogP contribution in [0.3, 0.4) is 0 Å². The summed E-state index contributed by atoms with van der Waals surface area (Å²) in [4.78, 5) is 12.3. The number of fused-ring (bicyclic) bond motifs is 1. The number of ether oxygens (including phenoxy) is 1. The lowest BCUT2D eigenvalue weighted by Gasteiger charge is -2.03. The largest absolute Gasteiger partial charge is 0.497 e. The molecule has 3 heteroatoms. The molecule has 21 heavy (non-hydrogen) atoms. The summed E-state index contributed by atoms with van der Waals surface area (Å²) < 4.78 is 10.5. The monoisotopic (exact) mass is 280 g/mol. The quantitative estimate of drug-likeness (QED) is 0.656. The number of para-hydroxylation sites is 1. The number of hydrogen-bond donors (Lipinski definition) is 0. The summed E-state index contributed by atoms with van der Waals surface area (Å²) in [5, 5.41) is 0.886. The van der Waals surface area contributed by atoms with Gasteiger partial charge >= 0.3 is 0 Å². The summed E-state index contributed by atoms with van der Waals surface area (Å²) in [7, 11) is 1.64. The fourth-order valence-corrected chi connectivity index (χ4v) is 2.38. The average Bonchev–Trinajstić information content (AvgIpc) is 2.97. The van der Waals surface area contributed by atoms with Gasteiger partial charge in [0, 0.05) is 11.8 Å². The van der Waals surface area contributed by atoms with Gasteiger partial charge in [0.25, 0.3) is 0 Å². The zero-order valence-electron chi connectivity index (χ0n) is 11.8. The van der Waals surface area contributed by atoms with E-state index in [0.717, 1.165) is 22.3 Å². The molecule has 0 aliphatic heterocycles. The second-order valence-corrected chi connectivity index (χ2v) is 4.92. The van der Waals surface area contributed by atoms with E-state index in [0.29, 0.717) is 18.4 Å². The molecule has 3 aromatic rings. The number of carbonyl (C=O) groups excluding carboxylic acids is 1. The standard InChI is InChI=1S/C18H16O3/c1-20-14-9-6-13(7-10-14)8-11-17(19)16-12-21-18-5-3-2-4-15(16)18/h2-7,9-10,12H,8,11H2,1H3. The third-order valence-electron chi connectivity index (χ3n) is 3.58. The van der Waals surface area contributed by atoms with Crippen LogP contribution < -0.4 is 4.74 Å². The van der Waals surface area contributed by atoms with Crippen molar-refractivity contribution in [2.45, 2.75) is 12.8 Å². The van der Waals surface area contributed by atoms with Crippen LogP contribution in [0.15, 0.2) is 59.2 Å². The predicted molar refractivity (Wildman–Crippen MR) is 81.9 cm³/mol. The van der Waals surface area contributed by atoms with Crippen LogP contribution in [0, 0.1) is 0 Å². The molecular weight excluding hydrogens is 264 g/mol. The van der Waals surface area contributed by atoms with Crippen molar-refractivity contribution in [2.24, 2.45) is 0 Å². The van der Waals surface area contributed by atoms with E-state index in [4.69, 9.17) is 9.15 Å². The summed E-state index contributed by atoms with van der Waals surface area (Å²) in [6, 6.07) is 15.4. The number of aryl methyl sites for hydroxylation is 1. The second-order valence-electron chi connectivity index (χ2n) is 4.92. The molecule has 0 N–H and O–H groups in total. The molecule has 3 nitrogen and oxygen atoms in total. The van der Waals surface area contributed by atoms with Crippen molar-refractivity contribution >= 4 is 16.8 Å². The van der Waals surface area contributed by atoms with Crippen molar-refractivity contribution in [1.82, 2.24) is 0 Å². The van der Waals surface area contributed by atoms with Gasteiger partial charge in [0.2, 0.25) is 0 Å². The van der Waals surface area contributed by atoms with Gasteiger partial charge in [-0.05, 0) is 30.2 Å². The number of rotatable bonds is 5. The minimum atomic E-state index is 0.107. The second kappa shape index (κ2) is 5.83. The Labute approximate surface area is 123 Å². The summed E-state index contributed by atoms with van der Waals surface area (Å²) >= 11 is 0. The first-order valence-corrected chi connectivity index (χ1v) is 6.90. The Morgan fingerprint density at radius 2 is 1.86 bits per heavy atom. The maximum absolute atomic E-state index is 12.3. The van der Waals surface area contributed by atoms with Gasteiger partial charge in [-0.15, -0.1) is 0 Å². The third kappa shape index (κ3) is 2.82. The Balaban J connectivity index is 1.71. The van der Waals surface area contributed by atoms with Crippen LogP contribution in [-0.2, 0) is 6.42 Å². The van der Waals surface area contributed by atoms with E-state index < -0.39 is 0 Å². The van der Waals surface area contributed by atoms with E-state index in [2.05, 4.69) is 0 Å². The molecule has 0 unspecified atom stereocenters. The molecule has 0 radical (unpaired) electrons. The maximum atomic E-state index is 12.3. The molecule has 2 aromatic carbocycles. The number of furan rings is 1. The fourth-order valence-electron chi connectivity index (χ4n) is 2.38. The highest BCUT2D eigenvalue weighted by atomic mass is 16.5. The number of methoxy groups -OCH3 is 1. The molecule has 0 bridgehead atoms. The van der Waals surface area contributed by atoms with Gasteiger partial charge in [0.15, 0.2) is 5.78 Å². The van der Waals surface area contributed by atoms with Gasteiger partial charge in [-0.1, -0.05) is 30.3 Å². The fraction of sp³-hybridized carbons (Fsp3) is 0.167. The van der Waals surface area contributed by atoms with E-state index in [1.54, 1.807) is 13.4 Å². The molecule has 0 saturated heterocycles. The molecule has 0 atom stereocenters.